The Morgan fingerprint density at radius 3 is 2.80 bits per heavy atom. The first-order valence-corrected chi connectivity index (χ1v) is 7.91. The normalized spacial score (nSPS) is 15.3. The fourth-order valence-corrected chi connectivity index (χ4v) is 1.97. The van der Waals surface area contributed by atoms with E-state index in [1.807, 2.05) is 0 Å². The Hall–Kier alpha value is -1.41. The van der Waals surface area contributed by atoms with E-state index in [2.05, 4.69) is 10.3 Å². The summed E-state index contributed by atoms with van der Waals surface area (Å²) in [7, 11) is -4.19. The van der Waals surface area contributed by atoms with E-state index in [9.17, 15) is 9.36 Å². The number of aromatic nitrogens is 2. The van der Waals surface area contributed by atoms with E-state index in [1.165, 1.54) is 10.6 Å². The van der Waals surface area contributed by atoms with Crippen molar-refractivity contribution >= 4 is 19.4 Å². The van der Waals surface area contributed by atoms with E-state index in [-0.39, 0.29) is 24.7 Å². The molecule has 20 heavy (non-hydrogen) atoms. The maximum Gasteiger partial charge on any atom is 0.350 e. The monoisotopic (exact) mass is 304 g/mol. The van der Waals surface area contributed by atoms with Crippen LogP contribution in [0.3, 0.4) is 0 Å². The highest BCUT2D eigenvalue weighted by Crippen LogP contribution is 2.33. The van der Waals surface area contributed by atoms with Crippen LogP contribution in [-0.2, 0) is 15.8 Å². The number of nitrogens with one attached hydrogen (secondary N) is 1. The maximum atomic E-state index is 11.8. The van der Waals surface area contributed by atoms with Crippen molar-refractivity contribution < 1.29 is 19.1 Å². The van der Waals surface area contributed by atoms with Crippen LogP contribution >= 0.6 is 7.60 Å². The summed E-state index contributed by atoms with van der Waals surface area (Å²) >= 11 is 0. The second-order valence-electron chi connectivity index (χ2n) is 4.61. The molecule has 0 aromatic carbocycles. The highest BCUT2D eigenvalue weighted by molar-refractivity contribution is 7.51. The number of hydrogen-bond donors (Lipinski definition) is 4. The Balaban J connectivity index is 1.93. The Kier molecular flexibility index (Phi) is 4.44. The molecule has 1 heterocycles. The minimum absolute atomic E-state index is 0.0354. The fraction of sp³-hybridized carbons (Fsp3) is 0.600. The average Bonchev–Trinajstić information content (AvgIpc) is 3.09. The van der Waals surface area contributed by atoms with Gasteiger partial charge in [-0.15, -0.1) is 0 Å². The van der Waals surface area contributed by atoms with Crippen molar-refractivity contribution in [3.63, 3.8) is 0 Å². The third kappa shape index (κ3) is 4.61. The molecule has 112 valence electrons. The smallest absolute Gasteiger partial charge is 0.350 e. The summed E-state index contributed by atoms with van der Waals surface area (Å²) in [6.07, 6.45) is 1.43. The molecule has 1 aromatic rings. The zero-order valence-electron chi connectivity index (χ0n) is 10.7. The maximum absolute atomic E-state index is 11.8. The lowest BCUT2D eigenvalue weighted by molar-refractivity contribution is 0.148. The molecule has 0 atom stereocenters. The standard InChI is InChI=1S/C10H17N4O5P/c11-10-13-8(12-7-1-2-7)5-9(15)14(10)3-4-19-6-20(16,17)18/h5,7,12H,1-4,6H2,(H2,11,13)(H2,16,17,18). The van der Waals surface area contributed by atoms with E-state index >= 15 is 0 Å². The fourth-order valence-electron chi connectivity index (χ4n) is 1.60. The molecule has 0 saturated heterocycles. The predicted molar refractivity (Wildman–Crippen MR) is 72.4 cm³/mol. The van der Waals surface area contributed by atoms with E-state index in [0.717, 1.165) is 12.8 Å². The third-order valence-electron chi connectivity index (χ3n) is 2.69. The molecule has 0 amide bonds. The molecule has 1 aliphatic carbocycles. The minimum Gasteiger partial charge on any atom is -0.369 e. The minimum atomic E-state index is -4.19. The van der Waals surface area contributed by atoms with Gasteiger partial charge in [-0.05, 0) is 12.8 Å². The summed E-state index contributed by atoms with van der Waals surface area (Å²) in [5.41, 5.74) is 5.36. The van der Waals surface area contributed by atoms with Gasteiger partial charge in [-0.25, -0.2) is 0 Å². The second-order valence-corrected chi connectivity index (χ2v) is 6.20. The molecule has 9 nitrogen and oxygen atoms in total. The van der Waals surface area contributed by atoms with Crippen molar-refractivity contribution in [1.82, 2.24) is 9.55 Å². The SMILES string of the molecule is Nc1nc(NC2CC2)cc(=O)n1CCOCP(=O)(O)O. The van der Waals surface area contributed by atoms with Gasteiger partial charge in [-0.2, -0.15) is 4.98 Å². The van der Waals surface area contributed by atoms with E-state index in [0.29, 0.717) is 11.9 Å². The lowest BCUT2D eigenvalue weighted by Crippen LogP contribution is -2.26. The molecular formula is C10H17N4O5P. The van der Waals surface area contributed by atoms with Crippen LogP contribution in [0.4, 0.5) is 11.8 Å². The summed E-state index contributed by atoms with van der Waals surface area (Å²) in [6.45, 7) is 0.0493. The molecule has 5 N–H and O–H groups in total. The number of nitrogens with zero attached hydrogens (tertiary/aromatic N) is 2. The van der Waals surface area contributed by atoms with Gasteiger partial charge < -0.3 is 25.6 Å². The van der Waals surface area contributed by atoms with E-state index < -0.39 is 13.9 Å². The van der Waals surface area contributed by atoms with Crippen molar-refractivity contribution in [2.45, 2.75) is 25.4 Å². The Bertz CT molecular complexity index is 580. The quantitative estimate of drug-likeness (QED) is 0.392. The number of hydrogen-bond acceptors (Lipinski definition) is 6. The highest BCUT2D eigenvalue weighted by Gasteiger charge is 2.22. The van der Waals surface area contributed by atoms with Gasteiger partial charge in [-0.3, -0.25) is 13.9 Å². The molecule has 0 unspecified atom stereocenters. The summed E-state index contributed by atoms with van der Waals surface area (Å²) in [6, 6.07) is 1.71. The third-order valence-corrected chi connectivity index (χ3v) is 3.20. The van der Waals surface area contributed by atoms with Crippen molar-refractivity contribution in [1.29, 1.82) is 0 Å². The largest absolute Gasteiger partial charge is 0.369 e. The van der Waals surface area contributed by atoms with Gasteiger partial charge in [0, 0.05) is 12.1 Å². The summed E-state index contributed by atoms with van der Waals surface area (Å²) in [4.78, 5) is 33.2. The van der Waals surface area contributed by atoms with Crippen molar-refractivity contribution in [3.05, 3.63) is 16.4 Å². The van der Waals surface area contributed by atoms with Crippen molar-refractivity contribution in [2.75, 3.05) is 24.0 Å². The van der Waals surface area contributed by atoms with Crippen molar-refractivity contribution in [3.8, 4) is 0 Å². The first-order valence-electron chi connectivity index (χ1n) is 6.11. The molecule has 1 fully saturated rings. The lowest BCUT2D eigenvalue weighted by Gasteiger charge is -2.11. The van der Waals surface area contributed by atoms with Crippen LogP contribution < -0.4 is 16.6 Å². The molecule has 0 spiro atoms. The molecular weight excluding hydrogens is 287 g/mol. The summed E-state index contributed by atoms with van der Waals surface area (Å²) in [5, 5.41) is 3.07. The number of rotatable bonds is 7. The van der Waals surface area contributed by atoms with Crippen molar-refractivity contribution in [2.24, 2.45) is 0 Å². The first kappa shape index (κ1) is 15.0. The van der Waals surface area contributed by atoms with Gasteiger partial charge in [-0.1, -0.05) is 0 Å². The summed E-state index contributed by atoms with van der Waals surface area (Å²) < 4.78 is 16.6. The Morgan fingerprint density at radius 1 is 1.55 bits per heavy atom. The number of ether oxygens (including phenoxy) is 1. The first-order chi connectivity index (χ1) is 9.35. The Morgan fingerprint density at radius 2 is 2.25 bits per heavy atom. The number of anilines is 2. The van der Waals surface area contributed by atoms with Crippen LogP contribution in [0.2, 0.25) is 0 Å². The topological polar surface area (TPSA) is 140 Å². The molecule has 1 saturated carbocycles. The average molecular weight is 304 g/mol. The van der Waals surface area contributed by atoms with Gasteiger partial charge in [0.15, 0.2) is 0 Å². The predicted octanol–water partition coefficient (Wildman–Crippen LogP) is -0.448. The zero-order chi connectivity index (χ0) is 14.8. The molecule has 10 heteroatoms. The van der Waals surface area contributed by atoms with Gasteiger partial charge in [0.05, 0.1) is 13.2 Å². The molecule has 0 bridgehead atoms. The van der Waals surface area contributed by atoms with Gasteiger partial charge >= 0.3 is 7.60 Å². The van der Waals surface area contributed by atoms with E-state index in [1.54, 1.807) is 0 Å². The molecule has 1 aliphatic rings. The lowest BCUT2D eigenvalue weighted by atomic mass is 10.5. The van der Waals surface area contributed by atoms with Crippen LogP contribution in [0.5, 0.6) is 0 Å². The highest BCUT2D eigenvalue weighted by atomic mass is 31.2. The number of nitrogen functional groups attached to an aromatic ring is 1. The number of nitrogens with two attached hydrogens (primary N) is 1. The van der Waals surface area contributed by atoms with E-state index in [4.69, 9.17) is 20.3 Å². The molecule has 0 radical (unpaired) electrons. The van der Waals surface area contributed by atoms with Gasteiger partial charge in [0.25, 0.3) is 5.56 Å². The second kappa shape index (κ2) is 5.92. The Labute approximate surface area is 114 Å². The van der Waals surface area contributed by atoms with Crippen LogP contribution in [0, 0.1) is 0 Å². The zero-order valence-corrected chi connectivity index (χ0v) is 11.6. The molecule has 0 aliphatic heterocycles. The van der Waals surface area contributed by atoms with Crippen LogP contribution in [0.15, 0.2) is 10.9 Å². The molecule has 1 aromatic heterocycles. The van der Waals surface area contributed by atoms with Crippen LogP contribution in [0.25, 0.3) is 0 Å². The summed E-state index contributed by atoms with van der Waals surface area (Å²) in [5.74, 6) is 0.489. The van der Waals surface area contributed by atoms with Gasteiger partial charge in [0.2, 0.25) is 5.95 Å². The van der Waals surface area contributed by atoms with Crippen LogP contribution in [-0.4, -0.2) is 38.3 Å². The van der Waals surface area contributed by atoms with Crippen LogP contribution in [0.1, 0.15) is 12.8 Å². The molecule has 2 rings (SSSR count). The van der Waals surface area contributed by atoms with Gasteiger partial charge in [0.1, 0.15) is 12.2 Å².